The maximum atomic E-state index is 5.43. The molecule has 0 saturated heterocycles. The Morgan fingerprint density at radius 3 is 2.63 bits per heavy atom. The zero-order valence-electron chi connectivity index (χ0n) is 12.2. The zero-order valence-corrected chi connectivity index (χ0v) is 12.2. The zero-order chi connectivity index (χ0) is 14.0. The lowest BCUT2D eigenvalue weighted by molar-refractivity contribution is 0.419. The van der Waals surface area contributed by atoms with Crippen LogP contribution in [0.2, 0.25) is 0 Å². The van der Waals surface area contributed by atoms with Crippen LogP contribution in [0.3, 0.4) is 0 Å². The molecule has 0 aliphatic carbocycles. The highest BCUT2D eigenvalue weighted by Crippen LogP contribution is 2.34. The van der Waals surface area contributed by atoms with Gasteiger partial charge in [-0.1, -0.05) is 12.1 Å². The minimum absolute atomic E-state index is 0.751. The molecule has 1 heterocycles. The van der Waals surface area contributed by atoms with Crippen molar-refractivity contribution in [2.24, 2.45) is 0 Å². The summed E-state index contributed by atoms with van der Waals surface area (Å²) in [7, 11) is 7.74. The van der Waals surface area contributed by atoms with Gasteiger partial charge in [0.1, 0.15) is 11.3 Å². The van der Waals surface area contributed by atoms with E-state index in [4.69, 9.17) is 9.72 Å². The minimum atomic E-state index is 0.751. The van der Waals surface area contributed by atoms with Crippen molar-refractivity contribution in [1.29, 1.82) is 0 Å². The van der Waals surface area contributed by atoms with E-state index in [1.807, 2.05) is 19.2 Å². The van der Waals surface area contributed by atoms with Gasteiger partial charge < -0.3 is 15.0 Å². The second-order valence-electron chi connectivity index (χ2n) is 4.81. The van der Waals surface area contributed by atoms with Gasteiger partial charge in [0.05, 0.1) is 18.5 Å². The van der Waals surface area contributed by atoms with Crippen molar-refractivity contribution in [3.63, 3.8) is 0 Å². The standard InChI is InChI=1S/C15H21N3O/c1-10-12(9-16-2)17-14-11(15(10)18(3)4)7-6-8-13(14)19-5/h6-8,16H,9H2,1-5H3. The Morgan fingerprint density at radius 1 is 1.32 bits per heavy atom. The summed E-state index contributed by atoms with van der Waals surface area (Å²) in [4.78, 5) is 6.90. The van der Waals surface area contributed by atoms with Gasteiger partial charge in [0, 0.05) is 26.0 Å². The highest BCUT2D eigenvalue weighted by Gasteiger charge is 2.15. The summed E-state index contributed by atoms with van der Waals surface area (Å²) < 4.78 is 5.43. The number of para-hydroxylation sites is 1. The predicted molar refractivity (Wildman–Crippen MR) is 80.1 cm³/mol. The number of nitrogens with one attached hydrogen (secondary N) is 1. The average molecular weight is 259 g/mol. The molecule has 4 heteroatoms. The highest BCUT2D eigenvalue weighted by molar-refractivity contribution is 5.97. The molecule has 0 unspecified atom stereocenters. The summed E-state index contributed by atoms with van der Waals surface area (Å²) in [6.45, 7) is 2.87. The second-order valence-corrected chi connectivity index (χ2v) is 4.81. The van der Waals surface area contributed by atoms with Crippen LogP contribution in [-0.2, 0) is 6.54 Å². The normalized spacial score (nSPS) is 10.8. The van der Waals surface area contributed by atoms with Crippen molar-refractivity contribution >= 4 is 16.6 Å². The predicted octanol–water partition coefficient (Wildman–Crippen LogP) is 2.34. The number of anilines is 1. The van der Waals surface area contributed by atoms with E-state index in [-0.39, 0.29) is 0 Å². The molecule has 2 rings (SSSR count). The molecule has 4 nitrogen and oxygen atoms in total. The number of fused-ring (bicyclic) bond motifs is 1. The molecular formula is C15H21N3O. The van der Waals surface area contributed by atoms with E-state index in [1.165, 1.54) is 11.3 Å². The van der Waals surface area contributed by atoms with E-state index >= 15 is 0 Å². The maximum absolute atomic E-state index is 5.43. The van der Waals surface area contributed by atoms with Crippen LogP contribution in [0.4, 0.5) is 5.69 Å². The summed E-state index contributed by atoms with van der Waals surface area (Å²) in [6, 6.07) is 6.05. The summed E-state index contributed by atoms with van der Waals surface area (Å²) in [5.74, 6) is 0.818. The highest BCUT2D eigenvalue weighted by atomic mass is 16.5. The van der Waals surface area contributed by atoms with Gasteiger partial charge in [-0.3, -0.25) is 0 Å². The lowest BCUT2D eigenvalue weighted by Gasteiger charge is -2.21. The van der Waals surface area contributed by atoms with Crippen molar-refractivity contribution in [3.05, 3.63) is 29.5 Å². The number of nitrogens with zero attached hydrogens (tertiary/aromatic N) is 2. The second kappa shape index (κ2) is 5.45. The number of methoxy groups -OCH3 is 1. The van der Waals surface area contributed by atoms with Crippen molar-refractivity contribution in [2.45, 2.75) is 13.5 Å². The fourth-order valence-corrected chi connectivity index (χ4v) is 2.47. The Balaban J connectivity index is 2.83. The van der Waals surface area contributed by atoms with Crippen LogP contribution in [0.5, 0.6) is 5.75 Å². The van der Waals surface area contributed by atoms with Crippen molar-refractivity contribution in [2.75, 3.05) is 33.2 Å². The molecule has 1 aromatic carbocycles. The van der Waals surface area contributed by atoms with Crippen LogP contribution in [0.15, 0.2) is 18.2 Å². The van der Waals surface area contributed by atoms with Gasteiger partial charge in [0.25, 0.3) is 0 Å². The Labute approximate surface area is 114 Å². The van der Waals surface area contributed by atoms with Gasteiger partial charge in [-0.25, -0.2) is 4.98 Å². The average Bonchev–Trinajstić information content (AvgIpc) is 2.38. The Morgan fingerprint density at radius 2 is 2.05 bits per heavy atom. The lowest BCUT2D eigenvalue weighted by atomic mass is 10.1. The maximum Gasteiger partial charge on any atom is 0.145 e. The van der Waals surface area contributed by atoms with Gasteiger partial charge in [-0.2, -0.15) is 0 Å². The topological polar surface area (TPSA) is 37.4 Å². The minimum Gasteiger partial charge on any atom is -0.494 e. The van der Waals surface area contributed by atoms with E-state index in [0.29, 0.717) is 0 Å². The molecule has 19 heavy (non-hydrogen) atoms. The molecule has 2 aromatic rings. The summed E-state index contributed by atoms with van der Waals surface area (Å²) in [5.41, 5.74) is 4.39. The first kappa shape index (κ1) is 13.6. The lowest BCUT2D eigenvalue weighted by Crippen LogP contribution is -2.16. The van der Waals surface area contributed by atoms with E-state index in [2.05, 4.69) is 37.3 Å². The monoisotopic (exact) mass is 259 g/mol. The SMILES string of the molecule is CNCc1nc2c(OC)cccc2c(N(C)C)c1C. The van der Waals surface area contributed by atoms with Gasteiger partial charge >= 0.3 is 0 Å². The quantitative estimate of drug-likeness (QED) is 0.914. The number of hydrogen-bond donors (Lipinski definition) is 1. The molecule has 102 valence electrons. The summed E-state index contributed by atoms with van der Waals surface area (Å²) >= 11 is 0. The number of aromatic nitrogens is 1. The third-order valence-corrected chi connectivity index (χ3v) is 3.30. The first-order valence-corrected chi connectivity index (χ1v) is 6.38. The van der Waals surface area contributed by atoms with E-state index in [0.717, 1.165) is 28.9 Å². The molecule has 0 radical (unpaired) electrons. The molecule has 1 aromatic heterocycles. The Kier molecular flexibility index (Phi) is 3.90. The van der Waals surface area contributed by atoms with Crippen molar-refractivity contribution in [1.82, 2.24) is 10.3 Å². The van der Waals surface area contributed by atoms with Crippen LogP contribution >= 0.6 is 0 Å². The first-order chi connectivity index (χ1) is 9.10. The van der Waals surface area contributed by atoms with E-state index in [1.54, 1.807) is 7.11 Å². The fraction of sp³-hybridized carbons (Fsp3) is 0.400. The van der Waals surface area contributed by atoms with Gasteiger partial charge in [0.2, 0.25) is 0 Å². The summed E-state index contributed by atoms with van der Waals surface area (Å²) in [6.07, 6.45) is 0. The fourth-order valence-electron chi connectivity index (χ4n) is 2.47. The van der Waals surface area contributed by atoms with Crippen LogP contribution < -0.4 is 15.0 Å². The number of rotatable bonds is 4. The number of pyridine rings is 1. The third-order valence-electron chi connectivity index (χ3n) is 3.30. The molecule has 1 N–H and O–H groups in total. The molecule has 0 amide bonds. The van der Waals surface area contributed by atoms with Crippen LogP contribution in [0, 0.1) is 6.92 Å². The first-order valence-electron chi connectivity index (χ1n) is 6.38. The molecule has 0 bridgehead atoms. The molecule has 0 aliphatic heterocycles. The molecule has 0 aliphatic rings. The van der Waals surface area contributed by atoms with Crippen LogP contribution in [0.25, 0.3) is 10.9 Å². The summed E-state index contributed by atoms with van der Waals surface area (Å²) in [5, 5.41) is 4.30. The van der Waals surface area contributed by atoms with Gasteiger partial charge in [0.15, 0.2) is 0 Å². The van der Waals surface area contributed by atoms with E-state index < -0.39 is 0 Å². The Hall–Kier alpha value is -1.81. The smallest absolute Gasteiger partial charge is 0.145 e. The largest absolute Gasteiger partial charge is 0.494 e. The van der Waals surface area contributed by atoms with Crippen LogP contribution in [-0.4, -0.2) is 33.2 Å². The number of hydrogen-bond acceptors (Lipinski definition) is 4. The Bertz CT molecular complexity index is 593. The molecular weight excluding hydrogens is 238 g/mol. The number of benzene rings is 1. The van der Waals surface area contributed by atoms with Gasteiger partial charge in [-0.15, -0.1) is 0 Å². The van der Waals surface area contributed by atoms with Crippen LogP contribution in [0.1, 0.15) is 11.3 Å². The van der Waals surface area contributed by atoms with Crippen molar-refractivity contribution in [3.8, 4) is 5.75 Å². The third kappa shape index (κ3) is 2.36. The molecule has 0 atom stereocenters. The number of ether oxygens (including phenoxy) is 1. The van der Waals surface area contributed by atoms with Gasteiger partial charge in [-0.05, 0) is 25.6 Å². The molecule has 0 spiro atoms. The van der Waals surface area contributed by atoms with E-state index in [9.17, 15) is 0 Å². The molecule has 0 saturated carbocycles. The van der Waals surface area contributed by atoms with Crippen molar-refractivity contribution < 1.29 is 4.74 Å². The molecule has 0 fully saturated rings.